The third-order valence-corrected chi connectivity index (χ3v) is 3.63. The van der Waals surface area contributed by atoms with Gasteiger partial charge in [0.1, 0.15) is 5.75 Å². The van der Waals surface area contributed by atoms with Crippen LogP contribution in [-0.4, -0.2) is 28.7 Å². The van der Waals surface area contributed by atoms with Crippen molar-refractivity contribution in [3.05, 3.63) is 59.4 Å². The Morgan fingerprint density at radius 1 is 1.25 bits per heavy atom. The Kier molecular flexibility index (Phi) is 6.32. The highest BCUT2D eigenvalue weighted by atomic mass is 16.5. The molecule has 0 aliphatic carbocycles. The number of aryl methyl sites for hydroxylation is 1. The van der Waals surface area contributed by atoms with E-state index in [-0.39, 0.29) is 18.6 Å². The fourth-order valence-electron chi connectivity index (χ4n) is 2.34. The smallest absolute Gasteiger partial charge is 0.253 e. The van der Waals surface area contributed by atoms with Crippen molar-refractivity contribution < 1.29 is 14.6 Å². The van der Waals surface area contributed by atoms with Crippen molar-refractivity contribution in [3.8, 4) is 5.75 Å². The molecule has 1 aromatic heterocycles. The van der Waals surface area contributed by atoms with Gasteiger partial charge in [0.25, 0.3) is 5.91 Å². The summed E-state index contributed by atoms with van der Waals surface area (Å²) in [5.74, 6) is 0.251. The number of benzene rings is 1. The zero-order chi connectivity index (χ0) is 17.5. The van der Waals surface area contributed by atoms with Crippen LogP contribution in [0.5, 0.6) is 5.75 Å². The topological polar surface area (TPSA) is 71.5 Å². The number of aliphatic hydroxyl groups excluding tert-OH is 1. The first-order chi connectivity index (χ1) is 11.5. The minimum atomic E-state index is -0.460. The van der Waals surface area contributed by atoms with Crippen LogP contribution in [0.2, 0.25) is 0 Å². The molecule has 0 fully saturated rings. The molecule has 1 unspecified atom stereocenters. The van der Waals surface area contributed by atoms with E-state index in [4.69, 9.17) is 4.74 Å². The van der Waals surface area contributed by atoms with Crippen molar-refractivity contribution in [2.45, 2.75) is 39.3 Å². The van der Waals surface area contributed by atoms with E-state index < -0.39 is 6.04 Å². The average molecular weight is 328 g/mol. The fraction of sp³-hybridized carbons (Fsp3) is 0.368. The number of pyridine rings is 1. The van der Waals surface area contributed by atoms with Crippen LogP contribution < -0.4 is 10.1 Å². The van der Waals surface area contributed by atoms with E-state index in [9.17, 15) is 9.90 Å². The molecule has 0 radical (unpaired) electrons. The van der Waals surface area contributed by atoms with Gasteiger partial charge in [-0.2, -0.15) is 0 Å². The largest absolute Gasteiger partial charge is 0.489 e. The SMILES string of the molecule is CCc1ccc(C(CO)NC(=O)c2cncc(OC(C)C)c2)cc1. The number of hydrogen-bond acceptors (Lipinski definition) is 4. The first-order valence-electron chi connectivity index (χ1n) is 8.15. The van der Waals surface area contributed by atoms with Gasteiger partial charge in [-0.3, -0.25) is 9.78 Å². The molecule has 5 heteroatoms. The van der Waals surface area contributed by atoms with E-state index in [0.717, 1.165) is 12.0 Å². The Bertz CT molecular complexity index is 669. The lowest BCUT2D eigenvalue weighted by Gasteiger charge is -2.17. The van der Waals surface area contributed by atoms with Crippen LogP contribution in [0.1, 0.15) is 48.3 Å². The Morgan fingerprint density at radius 2 is 1.96 bits per heavy atom. The first-order valence-corrected chi connectivity index (χ1v) is 8.15. The van der Waals surface area contributed by atoms with Gasteiger partial charge in [0.2, 0.25) is 0 Å². The van der Waals surface area contributed by atoms with Crippen molar-refractivity contribution in [3.63, 3.8) is 0 Å². The van der Waals surface area contributed by atoms with E-state index in [2.05, 4.69) is 17.2 Å². The Labute approximate surface area is 142 Å². The number of carbonyl (C=O) groups is 1. The lowest BCUT2D eigenvalue weighted by Crippen LogP contribution is -2.30. The molecule has 0 spiro atoms. The van der Waals surface area contributed by atoms with Gasteiger partial charge in [0, 0.05) is 6.20 Å². The van der Waals surface area contributed by atoms with E-state index in [1.807, 2.05) is 38.1 Å². The summed E-state index contributed by atoms with van der Waals surface area (Å²) in [4.78, 5) is 16.5. The molecule has 5 nitrogen and oxygen atoms in total. The van der Waals surface area contributed by atoms with E-state index in [0.29, 0.717) is 11.3 Å². The van der Waals surface area contributed by atoms with Gasteiger partial charge in [0.05, 0.1) is 30.5 Å². The summed E-state index contributed by atoms with van der Waals surface area (Å²) >= 11 is 0. The number of aromatic nitrogens is 1. The minimum Gasteiger partial charge on any atom is -0.489 e. The zero-order valence-electron chi connectivity index (χ0n) is 14.3. The molecular weight excluding hydrogens is 304 g/mol. The van der Waals surface area contributed by atoms with E-state index in [1.54, 1.807) is 12.3 Å². The van der Waals surface area contributed by atoms with Crippen LogP contribution in [0.25, 0.3) is 0 Å². The van der Waals surface area contributed by atoms with Crippen LogP contribution in [-0.2, 0) is 6.42 Å². The molecule has 0 saturated heterocycles. The summed E-state index contributed by atoms with van der Waals surface area (Å²) in [5, 5.41) is 12.5. The predicted molar refractivity (Wildman–Crippen MR) is 93.1 cm³/mol. The summed E-state index contributed by atoms with van der Waals surface area (Å²) in [6.07, 6.45) is 4.01. The molecule has 24 heavy (non-hydrogen) atoms. The highest BCUT2D eigenvalue weighted by Gasteiger charge is 2.16. The van der Waals surface area contributed by atoms with Crippen LogP contribution >= 0.6 is 0 Å². The minimum absolute atomic E-state index is 0.00683. The summed E-state index contributed by atoms with van der Waals surface area (Å²) in [7, 11) is 0. The molecule has 2 rings (SSSR count). The number of hydrogen-bond donors (Lipinski definition) is 2. The highest BCUT2D eigenvalue weighted by molar-refractivity contribution is 5.94. The number of amides is 1. The molecule has 1 amide bonds. The Hall–Kier alpha value is -2.40. The van der Waals surface area contributed by atoms with Gasteiger partial charge in [-0.05, 0) is 37.5 Å². The van der Waals surface area contributed by atoms with Gasteiger partial charge in [-0.25, -0.2) is 0 Å². The lowest BCUT2D eigenvalue weighted by atomic mass is 10.0. The van der Waals surface area contributed by atoms with Crippen LogP contribution in [0.4, 0.5) is 0 Å². The van der Waals surface area contributed by atoms with Crippen molar-refractivity contribution in [2.75, 3.05) is 6.61 Å². The molecule has 2 N–H and O–H groups in total. The van der Waals surface area contributed by atoms with Gasteiger partial charge in [0.15, 0.2) is 0 Å². The van der Waals surface area contributed by atoms with Gasteiger partial charge < -0.3 is 15.2 Å². The van der Waals surface area contributed by atoms with Gasteiger partial charge >= 0.3 is 0 Å². The Morgan fingerprint density at radius 3 is 2.54 bits per heavy atom. The number of nitrogens with one attached hydrogen (secondary N) is 1. The van der Waals surface area contributed by atoms with Gasteiger partial charge in [-0.1, -0.05) is 31.2 Å². The fourth-order valence-corrected chi connectivity index (χ4v) is 2.34. The molecule has 2 aromatic rings. The molecule has 1 heterocycles. The van der Waals surface area contributed by atoms with Gasteiger partial charge in [-0.15, -0.1) is 0 Å². The second-order valence-corrected chi connectivity index (χ2v) is 5.88. The van der Waals surface area contributed by atoms with Crippen molar-refractivity contribution >= 4 is 5.91 Å². The maximum atomic E-state index is 12.4. The van der Waals surface area contributed by atoms with Crippen LogP contribution in [0.15, 0.2) is 42.7 Å². The van der Waals surface area contributed by atoms with E-state index in [1.165, 1.54) is 11.8 Å². The summed E-state index contributed by atoms with van der Waals surface area (Å²) in [5.41, 5.74) is 2.48. The zero-order valence-corrected chi connectivity index (χ0v) is 14.3. The molecule has 0 aliphatic heterocycles. The molecule has 1 aromatic carbocycles. The average Bonchev–Trinajstić information content (AvgIpc) is 2.59. The molecule has 0 saturated carbocycles. The highest BCUT2D eigenvalue weighted by Crippen LogP contribution is 2.17. The van der Waals surface area contributed by atoms with Crippen molar-refractivity contribution in [1.29, 1.82) is 0 Å². The van der Waals surface area contributed by atoms with Crippen molar-refractivity contribution in [1.82, 2.24) is 10.3 Å². The Balaban J connectivity index is 2.11. The monoisotopic (exact) mass is 328 g/mol. The quantitative estimate of drug-likeness (QED) is 0.820. The molecule has 0 bridgehead atoms. The van der Waals surface area contributed by atoms with Crippen molar-refractivity contribution in [2.24, 2.45) is 0 Å². The normalized spacial score (nSPS) is 12.0. The number of carbonyl (C=O) groups excluding carboxylic acids is 1. The number of rotatable bonds is 7. The predicted octanol–water partition coefficient (Wildman–Crippen LogP) is 2.89. The number of nitrogens with zero attached hydrogens (tertiary/aromatic N) is 1. The maximum Gasteiger partial charge on any atom is 0.253 e. The molecular formula is C19H24N2O3. The molecule has 1 atom stereocenters. The lowest BCUT2D eigenvalue weighted by molar-refractivity contribution is 0.0915. The summed E-state index contributed by atoms with van der Waals surface area (Å²) in [6.45, 7) is 5.73. The standard InChI is InChI=1S/C19H24N2O3/c1-4-14-5-7-15(8-6-14)18(12-22)21-19(23)16-9-17(11-20-10-16)24-13(2)3/h5-11,13,18,22H,4,12H2,1-3H3,(H,21,23). The number of ether oxygens (including phenoxy) is 1. The summed E-state index contributed by atoms with van der Waals surface area (Å²) in [6, 6.07) is 9.05. The second kappa shape index (κ2) is 8.45. The maximum absolute atomic E-state index is 12.4. The second-order valence-electron chi connectivity index (χ2n) is 5.88. The molecule has 0 aliphatic rings. The van der Waals surface area contributed by atoms with Crippen LogP contribution in [0.3, 0.4) is 0 Å². The van der Waals surface area contributed by atoms with Crippen LogP contribution in [0, 0.1) is 0 Å². The third-order valence-electron chi connectivity index (χ3n) is 3.63. The number of aliphatic hydroxyl groups is 1. The summed E-state index contributed by atoms with van der Waals surface area (Å²) < 4.78 is 5.55. The molecule has 128 valence electrons. The van der Waals surface area contributed by atoms with E-state index >= 15 is 0 Å². The third kappa shape index (κ3) is 4.80. The first kappa shape index (κ1) is 17.9.